The van der Waals surface area contributed by atoms with E-state index in [2.05, 4.69) is 16.9 Å². The van der Waals surface area contributed by atoms with Crippen molar-refractivity contribution < 1.29 is 14.2 Å². The van der Waals surface area contributed by atoms with Crippen LogP contribution in [0, 0.1) is 6.92 Å². The topological polar surface area (TPSA) is 56.4 Å². The van der Waals surface area contributed by atoms with Gasteiger partial charge in [0.25, 0.3) is 0 Å². The third-order valence-electron chi connectivity index (χ3n) is 4.83. The molecule has 0 aliphatic carbocycles. The first-order valence-corrected chi connectivity index (χ1v) is 9.81. The maximum Gasteiger partial charge on any atom is 0.201 e. The second-order valence-corrected chi connectivity index (χ2v) is 7.38. The van der Waals surface area contributed by atoms with Gasteiger partial charge < -0.3 is 19.2 Å². The number of ether oxygens (including phenoxy) is 3. The zero-order chi connectivity index (χ0) is 19.6. The number of benzene rings is 2. The Balaban J connectivity index is 1.57. The van der Waals surface area contributed by atoms with Crippen molar-refractivity contribution in [3.8, 4) is 11.5 Å². The Morgan fingerprint density at radius 1 is 1.14 bits per heavy atom. The van der Waals surface area contributed by atoms with Crippen molar-refractivity contribution in [3.63, 3.8) is 0 Å². The molecule has 28 heavy (non-hydrogen) atoms. The molecule has 2 heterocycles. The van der Waals surface area contributed by atoms with Gasteiger partial charge in [0.2, 0.25) is 5.79 Å². The van der Waals surface area contributed by atoms with Crippen LogP contribution < -0.4 is 4.74 Å². The second kappa shape index (κ2) is 7.95. The zero-order valence-electron chi connectivity index (χ0n) is 15.9. The summed E-state index contributed by atoms with van der Waals surface area (Å²) in [6.45, 7) is 4.61. The van der Waals surface area contributed by atoms with E-state index in [1.54, 1.807) is 12.1 Å². The van der Waals surface area contributed by atoms with Crippen LogP contribution in [0.1, 0.15) is 30.4 Å². The molecule has 0 radical (unpaired) electrons. The maximum atomic E-state index is 6.34. The average molecular weight is 399 g/mol. The highest BCUT2D eigenvalue weighted by Crippen LogP contribution is 2.39. The highest BCUT2D eigenvalue weighted by molar-refractivity contribution is 6.30. The predicted octanol–water partition coefficient (Wildman–Crippen LogP) is 5.38. The Kier molecular flexibility index (Phi) is 5.40. The monoisotopic (exact) mass is 398 g/mol. The molecule has 1 N–H and O–H groups in total. The van der Waals surface area contributed by atoms with Gasteiger partial charge in [0, 0.05) is 16.8 Å². The number of nitrogens with one attached hydrogen (secondary N) is 1. The average Bonchev–Trinajstić information content (AvgIpc) is 3.31. The van der Waals surface area contributed by atoms with Crippen molar-refractivity contribution >= 4 is 11.6 Å². The van der Waals surface area contributed by atoms with E-state index in [0.717, 1.165) is 35.0 Å². The number of hydrogen-bond donors (Lipinski definition) is 1. The minimum atomic E-state index is -0.832. The third kappa shape index (κ3) is 4.07. The normalized spacial score (nSPS) is 21.8. The SMILES string of the molecule is CCC1COC(Cc2c[nH]c(C)n2)(c2ccc(Oc3ccc(Cl)cc3)cc2)O1. The van der Waals surface area contributed by atoms with Crippen molar-refractivity contribution in [2.24, 2.45) is 0 Å². The number of rotatable bonds is 6. The summed E-state index contributed by atoms with van der Waals surface area (Å²) in [6, 6.07) is 15.1. The van der Waals surface area contributed by atoms with E-state index in [9.17, 15) is 0 Å². The number of nitrogens with zero attached hydrogens (tertiary/aromatic N) is 1. The summed E-state index contributed by atoms with van der Waals surface area (Å²) < 4.78 is 18.4. The lowest BCUT2D eigenvalue weighted by Crippen LogP contribution is -2.31. The van der Waals surface area contributed by atoms with Crippen molar-refractivity contribution in [3.05, 3.63) is 76.8 Å². The molecule has 3 aromatic rings. The molecule has 2 atom stereocenters. The van der Waals surface area contributed by atoms with Crippen LogP contribution >= 0.6 is 11.6 Å². The maximum absolute atomic E-state index is 6.34. The molecule has 0 saturated carbocycles. The minimum absolute atomic E-state index is 0.0741. The Hall–Kier alpha value is -2.34. The van der Waals surface area contributed by atoms with Gasteiger partial charge in [-0.3, -0.25) is 0 Å². The number of aromatic amines is 1. The molecule has 5 nitrogen and oxygen atoms in total. The molecule has 4 rings (SSSR count). The number of hydrogen-bond acceptors (Lipinski definition) is 4. The fraction of sp³-hybridized carbons (Fsp3) is 0.318. The zero-order valence-corrected chi connectivity index (χ0v) is 16.7. The van der Waals surface area contributed by atoms with E-state index in [4.69, 9.17) is 25.8 Å². The molecule has 0 spiro atoms. The summed E-state index contributed by atoms with van der Waals surface area (Å²) in [5.74, 6) is 1.52. The van der Waals surface area contributed by atoms with Crippen molar-refractivity contribution in [2.75, 3.05) is 6.61 Å². The third-order valence-corrected chi connectivity index (χ3v) is 5.08. The fourth-order valence-corrected chi connectivity index (χ4v) is 3.45. The molecule has 1 aliphatic heterocycles. The number of aromatic nitrogens is 2. The molecule has 1 fully saturated rings. The fourth-order valence-electron chi connectivity index (χ4n) is 3.32. The summed E-state index contributed by atoms with van der Waals surface area (Å²) in [5, 5.41) is 0.680. The lowest BCUT2D eigenvalue weighted by molar-refractivity contribution is -0.176. The largest absolute Gasteiger partial charge is 0.457 e. The van der Waals surface area contributed by atoms with Gasteiger partial charge in [0.05, 0.1) is 24.8 Å². The van der Waals surface area contributed by atoms with E-state index in [-0.39, 0.29) is 6.10 Å². The van der Waals surface area contributed by atoms with E-state index < -0.39 is 5.79 Å². The molecule has 0 amide bonds. The van der Waals surface area contributed by atoms with Crippen LogP contribution in [0.15, 0.2) is 54.7 Å². The van der Waals surface area contributed by atoms with Crippen LogP contribution in [-0.4, -0.2) is 22.7 Å². The first-order chi connectivity index (χ1) is 13.6. The van der Waals surface area contributed by atoms with E-state index >= 15 is 0 Å². The molecule has 6 heteroatoms. The van der Waals surface area contributed by atoms with E-state index in [1.807, 2.05) is 49.5 Å². The molecule has 0 bridgehead atoms. The molecule has 2 unspecified atom stereocenters. The van der Waals surface area contributed by atoms with Crippen molar-refractivity contribution in [2.45, 2.75) is 38.6 Å². The first kappa shape index (κ1) is 19.0. The van der Waals surface area contributed by atoms with Gasteiger partial charge in [0.1, 0.15) is 17.3 Å². The van der Waals surface area contributed by atoms with Gasteiger partial charge in [-0.2, -0.15) is 0 Å². The number of imidazole rings is 1. The summed E-state index contributed by atoms with van der Waals surface area (Å²) in [5.41, 5.74) is 1.86. The van der Waals surface area contributed by atoms with Crippen LogP contribution in [0.2, 0.25) is 5.02 Å². The molecular formula is C22H23ClN2O3. The standard InChI is InChI=1S/C22H23ClN2O3/c1-3-19-14-26-22(28-19,12-18-13-24-15(2)25-18)16-4-8-20(9-5-16)27-21-10-6-17(23)7-11-21/h4-11,13,19H,3,12,14H2,1-2H3,(H,24,25). The smallest absolute Gasteiger partial charge is 0.201 e. The summed E-state index contributed by atoms with van der Waals surface area (Å²) in [6.07, 6.45) is 3.43. The minimum Gasteiger partial charge on any atom is -0.457 e. The van der Waals surface area contributed by atoms with E-state index in [1.165, 1.54) is 0 Å². The summed E-state index contributed by atoms with van der Waals surface area (Å²) in [7, 11) is 0. The molecular weight excluding hydrogens is 376 g/mol. The molecule has 2 aromatic carbocycles. The molecule has 146 valence electrons. The van der Waals surface area contributed by atoms with Gasteiger partial charge in [0.15, 0.2) is 0 Å². The van der Waals surface area contributed by atoms with Gasteiger partial charge in [-0.05, 0) is 61.9 Å². The summed E-state index contributed by atoms with van der Waals surface area (Å²) in [4.78, 5) is 7.65. The van der Waals surface area contributed by atoms with Crippen LogP contribution in [0.4, 0.5) is 0 Å². The van der Waals surface area contributed by atoms with Crippen LogP contribution in [0.5, 0.6) is 11.5 Å². The number of H-pyrrole nitrogens is 1. The van der Waals surface area contributed by atoms with Gasteiger partial charge in [-0.25, -0.2) is 4.98 Å². The van der Waals surface area contributed by atoms with Crippen LogP contribution in [0.25, 0.3) is 0 Å². The van der Waals surface area contributed by atoms with Crippen molar-refractivity contribution in [1.82, 2.24) is 9.97 Å². The van der Waals surface area contributed by atoms with E-state index in [0.29, 0.717) is 18.1 Å². The number of halogens is 1. The van der Waals surface area contributed by atoms with Crippen LogP contribution in [0.3, 0.4) is 0 Å². The first-order valence-electron chi connectivity index (χ1n) is 9.43. The second-order valence-electron chi connectivity index (χ2n) is 6.95. The highest BCUT2D eigenvalue weighted by Gasteiger charge is 2.43. The highest BCUT2D eigenvalue weighted by atomic mass is 35.5. The van der Waals surface area contributed by atoms with Gasteiger partial charge in [-0.15, -0.1) is 0 Å². The Morgan fingerprint density at radius 3 is 2.39 bits per heavy atom. The van der Waals surface area contributed by atoms with Gasteiger partial charge in [-0.1, -0.05) is 18.5 Å². The van der Waals surface area contributed by atoms with Gasteiger partial charge >= 0.3 is 0 Å². The Morgan fingerprint density at radius 2 is 1.82 bits per heavy atom. The predicted molar refractivity (Wildman–Crippen MR) is 108 cm³/mol. The lowest BCUT2D eigenvalue weighted by atomic mass is 10.0. The lowest BCUT2D eigenvalue weighted by Gasteiger charge is -2.28. The Bertz CT molecular complexity index is 924. The quantitative estimate of drug-likeness (QED) is 0.605. The Labute approximate surface area is 169 Å². The van der Waals surface area contributed by atoms with Crippen molar-refractivity contribution in [1.29, 1.82) is 0 Å². The molecule has 1 aliphatic rings. The van der Waals surface area contributed by atoms with Crippen LogP contribution in [-0.2, 0) is 21.7 Å². The number of aryl methyl sites for hydroxylation is 1. The molecule has 1 saturated heterocycles. The molecule has 1 aromatic heterocycles. The summed E-state index contributed by atoms with van der Waals surface area (Å²) >= 11 is 5.92.